The van der Waals surface area contributed by atoms with Crippen molar-refractivity contribution in [1.82, 2.24) is 35.6 Å². The Labute approximate surface area is 245 Å². The van der Waals surface area contributed by atoms with Gasteiger partial charge >= 0.3 is 5.97 Å². The molecule has 0 amide bonds. The highest BCUT2D eigenvalue weighted by Gasteiger charge is 2.21. The number of carbonyl (C=O) groups is 1. The number of aryl methyl sites for hydroxylation is 1. The molecule has 0 unspecified atom stereocenters. The van der Waals surface area contributed by atoms with Gasteiger partial charge in [-0.15, -0.1) is 0 Å². The minimum absolute atomic E-state index is 0.192. The van der Waals surface area contributed by atoms with Gasteiger partial charge in [0.15, 0.2) is 5.82 Å². The maximum absolute atomic E-state index is 12.8. The fourth-order valence-corrected chi connectivity index (χ4v) is 5.08. The second kappa shape index (κ2) is 13.0. The first-order chi connectivity index (χ1) is 20.6. The van der Waals surface area contributed by atoms with Gasteiger partial charge in [0.25, 0.3) is 0 Å². The number of benzene rings is 1. The van der Waals surface area contributed by atoms with Crippen LogP contribution in [0.3, 0.4) is 0 Å². The Morgan fingerprint density at radius 3 is 2.57 bits per heavy atom. The number of ether oxygens (including phenoxy) is 1. The number of hydrogen-bond donors (Lipinski definition) is 3. The molecule has 6 rings (SSSR count). The predicted octanol–water partition coefficient (Wildman–Crippen LogP) is 2.69. The Kier molecular flexibility index (Phi) is 8.57. The first-order valence-corrected chi connectivity index (χ1v) is 14.4. The minimum atomic E-state index is -0.192. The summed E-state index contributed by atoms with van der Waals surface area (Å²) in [7, 11) is 0. The number of piperazine rings is 1. The summed E-state index contributed by atoms with van der Waals surface area (Å²) >= 11 is 0. The lowest BCUT2D eigenvalue weighted by molar-refractivity contribution is -0.144. The number of nitrogens with zero attached hydrogens (tertiary/aromatic N) is 6. The van der Waals surface area contributed by atoms with Crippen LogP contribution in [0.25, 0.3) is 11.5 Å². The van der Waals surface area contributed by atoms with Crippen LogP contribution in [-0.2, 0) is 22.4 Å². The van der Waals surface area contributed by atoms with E-state index in [1.54, 1.807) is 18.5 Å². The van der Waals surface area contributed by atoms with Gasteiger partial charge in [-0.2, -0.15) is 0 Å². The topological polar surface area (TPSA) is 130 Å². The third kappa shape index (κ3) is 7.04. The number of rotatable bonds is 10. The van der Waals surface area contributed by atoms with Crippen LogP contribution in [0.2, 0.25) is 0 Å². The van der Waals surface area contributed by atoms with E-state index < -0.39 is 0 Å². The molecule has 5 heterocycles. The summed E-state index contributed by atoms with van der Waals surface area (Å²) in [6.07, 6.45) is 4.20. The molecule has 2 aliphatic rings. The van der Waals surface area contributed by atoms with Crippen LogP contribution in [0.1, 0.15) is 22.6 Å². The summed E-state index contributed by atoms with van der Waals surface area (Å²) < 4.78 is 5.61. The molecule has 1 aromatic carbocycles. The van der Waals surface area contributed by atoms with Crippen molar-refractivity contribution in [2.45, 2.75) is 19.8 Å². The first-order valence-electron chi connectivity index (χ1n) is 14.4. The van der Waals surface area contributed by atoms with Gasteiger partial charge in [0.1, 0.15) is 23.2 Å². The van der Waals surface area contributed by atoms with E-state index in [2.05, 4.69) is 59.0 Å². The fraction of sp³-hybridized carbons (Fsp3) is 0.355. The van der Waals surface area contributed by atoms with Gasteiger partial charge in [0.2, 0.25) is 0 Å². The zero-order chi connectivity index (χ0) is 28.7. The van der Waals surface area contributed by atoms with E-state index in [1.807, 2.05) is 31.2 Å². The van der Waals surface area contributed by atoms with E-state index in [1.165, 1.54) is 0 Å². The second-order valence-electron chi connectivity index (χ2n) is 10.7. The summed E-state index contributed by atoms with van der Waals surface area (Å²) in [5.41, 5.74) is 4.71. The molecule has 0 bridgehead atoms. The van der Waals surface area contributed by atoms with Crippen molar-refractivity contribution in [3.63, 3.8) is 0 Å². The molecule has 2 aliphatic heterocycles. The Morgan fingerprint density at radius 2 is 1.79 bits per heavy atom. The number of esters is 1. The Bertz CT molecular complexity index is 1540. The molecular weight excluding hydrogens is 530 g/mol. The van der Waals surface area contributed by atoms with Crippen LogP contribution >= 0.6 is 0 Å². The van der Waals surface area contributed by atoms with Crippen molar-refractivity contribution in [3.05, 3.63) is 83.6 Å². The van der Waals surface area contributed by atoms with Gasteiger partial charge in [0.05, 0.1) is 13.0 Å². The number of hydrogen-bond acceptors (Lipinski definition) is 11. The van der Waals surface area contributed by atoms with Crippen molar-refractivity contribution in [3.8, 4) is 11.5 Å². The highest BCUT2D eigenvalue weighted by Crippen LogP contribution is 2.25. The quantitative estimate of drug-likeness (QED) is 0.245. The predicted molar refractivity (Wildman–Crippen MR) is 161 cm³/mol. The van der Waals surface area contributed by atoms with Gasteiger partial charge in [-0.25, -0.2) is 24.9 Å². The number of anilines is 3. The van der Waals surface area contributed by atoms with Crippen LogP contribution in [0, 0.1) is 12.8 Å². The van der Waals surface area contributed by atoms with Crippen LogP contribution in [0.4, 0.5) is 17.3 Å². The molecule has 0 saturated carbocycles. The zero-order valence-electron chi connectivity index (χ0n) is 23.7. The van der Waals surface area contributed by atoms with E-state index >= 15 is 0 Å². The monoisotopic (exact) mass is 565 g/mol. The molecule has 4 aromatic rings. The molecule has 0 atom stereocenters. The molecule has 2 fully saturated rings. The lowest BCUT2D eigenvalue weighted by atomic mass is 10.0. The van der Waals surface area contributed by atoms with E-state index in [0.717, 1.165) is 61.8 Å². The van der Waals surface area contributed by atoms with Crippen molar-refractivity contribution in [2.24, 2.45) is 5.92 Å². The third-order valence-corrected chi connectivity index (χ3v) is 7.38. The fourth-order valence-electron chi connectivity index (χ4n) is 5.08. The number of nitrogens with one attached hydrogen (secondary N) is 3. The molecule has 216 valence electrons. The largest absolute Gasteiger partial charge is 0.465 e. The molecule has 3 aromatic heterocycles. The maximum Gasteiger partial charge on any atom is 0.310 e. The highest BCUT2D eigenvalue weighted by atomic mass is 16.5. The maximum atomic E-state index is 12.8. The standard InChI is InChI=1S/C31H35N9O2/c1-21-3-2-4-25(36-21)31-35-10-8-28(39-31)37-27-7-9-34-29(38-27)16-22-5-6-26(40-13-11-32-12-14-40)24(15-22)17-30(41)42-20-23-18-33-19-23/h2-10,15,23,32-33H,11-14,16-20H2,1H3,(H,34,35,37,38,39). The number of carbonyl (C=O) groups excluding carboxylic acids is 1. The van der Waals surface area contributed by atoms with Gasteiger partial charge in [-0.3, -0.25) is 4.79 Å². The normalized spacial score (nSPS) is 15.2. The third-order valence-electron chi connectivity index (χ3n) is 7.38. The summed E-state index contributed by atoms with van der Waals surface area (Å²) in [5.74, 6) is 2.68. The summed E-state index contributed by atoms with van der Waals surface area (Å²) in [6.45, 7) is 7.86. The average Bonchev–Trinajstić information content (AvgIpc) is 2.97. The van der Waals surface area contributed by atoms with Gasteiger partial charge in [0, 0.05) is 75.4 Å². The van der Waals surface area contributed by atoms with Crippen molar-refractivity contribution in [2.75, 3.05) is 56.1 Å². The molecule has 11 nitrogen and oxygen atoms in total. The van der Waals surface area contributed by atoms with Gasteiger partial charge < -0.3 is 25.6 Å². The van der Waals surface area contributed by atoms with Crippen molar-refractivity contribution >= 4 is 23.3 Å². The highest BCUT2D eigenvalue weighted by molar-refractivity contribution is 5.76. The van der Waals surface area contributed by atoms with E-state index in [4.69, 9.17) is 9.72 Å². The van der Waals surface area contributed by atoms with Crippen LogP contribution in [0.5, 0.6) is 0 Å². The van der Waals surface area contributed by atoms with Crippen molar-refractivity contribution < 1.29 is 9.53 Å². The number of pyridine rings is 1. The van der Waals surface area contributed by atoms with Gasteiger partial charge in [-0.1, -0.05) is 18.2 Å². The molecule has 11 heteroatoms. The van der Waals surface area contributed by atoms with Crippen LogP contribution < -0.4 is 20.9 Å². The summed E-state index contributed by atoms with van der Waals surface area (Å²) in [6, 6.07) is 15.7. The molecule has 0 radical (unpaired) electrons. The Morgan fingerprint density at radius 1 is 0.976 bits per heavy atom. The minimum Gasteiger partial charge on any atom is -0.465 e. The van der Waals surface area contributed by atoms with E-state index in [-0.39, 0.29) is 12.4 Å². The average molecular weight is 566 g/mol. The zero-order valence-corrected chi connectivity index (χ0v) is 23.7. The molecular formula is C31H35N9O2. The van der Waals surface area contributed by atoms with Crippen LogP contribution in [0.15, 0.2) is 60.9 Å². The Hall–Kier alpha value is -4.48. The number of aromatic nitrogens is 5. The van der Waals surface area contributed by atoms with Crippen molar-refractivity contribution in [1.29, 1.82) is 0 Å². The summed E-state index contributed by atoms with van der Waals surface area (Å²) in [4.78, 5) is 37.9. The lowest BCUT2D eigenvalue weighted by Gasteiger charge is -2.31. The van der Waals surface area contributed by atoms with Crippen LogP contribution in [-0.4, -0.2) is 76.8 Å². The molecule has 42 heavy (non-hydrogen) atoms. The SMILES string of the molecule is Cc1cccc(-c2nccc(Nc3ccnc(Cc4ccc(N5CCNCC5)c(CC(=O)OCC5CNC5)c4)n3)n2)n1. The van der Waals surface area contributed by atoms with Gasteiger partial charge in [-0.05, 0) is 48.4 Å². The smallest absolute Gasteiger partial charge is 0.310 e. The first kappa shape index (κ1) is 27.7. The molecule has 2 saturated heterocycles. The van der Waals surface area contributed by atoms with E-state index in [9.17, 15) is 4.79 Å². The summed E-state index contributed by atoms with van der Waals surface area (Å²) in [5, 5.41) is 9.88. The molecule has 0 aliphatic carbocycles. The second-order valence-corrected chi connectivity index (χ2v) is 10.7. The van der Waals surface area contributed by atoms with E-state index in [0.29, 0.717) is 47.9 Å². The lowest BCUT2D eigenvalue weighted by Crippen LogP contribution is -2.45. The molecule has 0 spiro atoms. The molecule has 3 N–H and O–H groups in total. The Balaban J connectivity index is 1.17.